The van der Waals surface area contributed by atoms with Gasteiger partial charge in [0.15, 0.2) is 0 Å². The molecule has 2 heterocycles. The standard InChI is InChI=1S/C24H19ClF3N3O/c25-21-6-5-16(11-20(21)24(26,27)28)18(19-14-30-22-4-2-1-3-17(19)22)12-23(32)31-13-15-7-9-29-10-8-15/h1-11,14,18,30H,12-13H2,(H,31,32). The van der Waals surface area contributed by atoms with Crippen LogP contribution in [0.4, 0.5) is 13.2 Å². The number of para-hydroxylation sites is 1. The minimum absolute atomic E-state index is 0.0220. The first kappa shape index (κ1) is 21.9. The Morgan fingerprint density at radius 3 is 2.59 bits per heavy atom. The molecule has 4 rings (SSSR count). The molecule has 0 spiro atoms. The smallest absolute Gasteiger partial charge is 0.361 e. The number of fused-ring (bicyclic) bond motifs is 1. The summed E-state index contributed by atoms with van der Waals surface area (Å²) in [6, 6.07) is 14.8. The number of carbonyl (C=O) groups is 1. The van der Waals surface area contributed by atoms with E-state index in [2.05, 4.69) is 15.3 Å². The first-order valence-electron chi connectivity index (χ1n) is 9.91. The number of pyridine rings is 1. The number of carbonyl (C=O) groups excluding carboxylic acids is 1. The number of halogens is 4. The number of H-pyrrole nitrogens is 1. The molecule has 32 heavy (non-hydrogen) atoms. The average Bonchev–Trinajstić information content (AvgIpc) is 3.20. The molecule has 0 aliphatic carbocycles. The van der Waals surface area contributed by atoms with Gasteiger partial charge in [-0.3, -0.25) is 9.78 Å². The van der Waals surface area contributed by atoms with Crippen LogP contribution >= 0.6 is 11.6 Å². The number of nitrogens with zero attached hydrogens (tertiary/aromatic N) is 1. The molecule has 164 valence electrons. The Bertz CT molecular complexity index is 1240. The molecule has 0 bridgehead atoms. The third kappa shape index (κ3) is 4.78. The summed E-state index contributed by atoms with van der Waals surface area (Å²) in [5, 5.41) is 3.32. The summed E-state index contributed by atoms with van der Waals surface area (Å²) in [6.07, 6.45) is 0.381. The lowest BCUT2D eigenvalue weighted by Gasteiger charge is -2.19. The third-order valence-electron chi connectivity index (χ3n) is 5.32. The fourth-order valence-electron chi connectivity index (χ4n) is 3.73. The second kappa shape index (κ2) is 9.04. The van der Waals surface area contributed by atoms with Crippen molar-refractivity contribution in [1.82, 2.24) is 15.3 Å². The van der Waals surface area contributed by atoms with Gasteiger partial charge in [0.25, 0.3) is 0 Å². The van der Waals surface area contributed by atoms with Crippen molar-refractivity contribution in [3.63, 3.8) is 0 Å². The quantitative estimate of drug-likeness (QED) is 0.369. The van der Waals surface area contributed by atoms with Crippen molar-refractivity contribution >= 4 is 28.4 Å². The number of amides is 1. The van der Waals surface area contributed by atoms with E-state index >= 15 is 0 Å². The number of benzene rings is 2. The molecule has 1 amide bonds. The lowest BCUT2D eigenvalue weighted by Crippen LogP contribution is -2.25. The van der Waals surface area contributed by atoms with E-state index in [0.29, 0.717) is 12.1 Å². The second-order valence-corrected chi connectivity index (χ2v) is 7.82. The van der Waals surface area contributed by atoms with Gasteiger partial charge in [-0.25, -0.2) is 0 Å². The molecule has 0 saturated carbocycles. The van der Waals surface area contributed by atoms with Crippen molar-refractivity contribution in [1.29, 1.82) is 0 Å². The summed E-state index contributed by atoms with van der Waals surface area (Å²) in [7, 11) is 0. The topological polar surface area (TPSA) is 57.8 Å². The van der Waals surface area contributed by atoms with E-state index in [1.54, 1.807) is 36.8 Å². The predicted molar refractivity (Wildman–Crippen MR) is 117 cm³/mol. The van der Waals surface area contributed by atoms with Crippen LogP contribution in [0.25, 0.3) is 10.9 Å². The normalized spacial score (nSPS) is 12.6. The van der Waals surface area contributed by atoms with Gasteiger partial charge < -0.3 is 10.3 Å². The molecule has 2 aromatic carbocycles. The van der Waals surface area contributed by atoms with Crippen LogP contribution in [0.2, 0.25) is 5.02 Å². The molecule has 0 fully saturated rings. The average molecular weight is 458 g/mol. The highest BCUT2D eigenvalue weighted by Gasteiger charge is 2.34. The highest BCUT2D eigenvalue weighted by atomic mass is 35.5. The van der Waals surface area contributed by atoms with Crippen LogP contribution in [-0.4, -0.2) is 15.9 Å². The monoisotopic (exact) mass is 457 g/mol. The maximum absolute atomic E-state index is 13.5. The molecule has 0 saturated heterocycles. The summed E-state index contributed by atoms with van der Waals surface area (Å²) in [6.45, 7) is 0.302. The maximum atomic E-state index is 13.5. The summed E-state index contributed by atoms with van der Waals surface area (Å²) < 4.78 is 40.5. The molecule has 0 radical (unpaired) electrons. The number of alkyl halides is 3. The molecular weight excluding hydrogens is 439 g/mol. The Kier molecular flexibility index (Phi) is 6.19. The largest absolute Gasteiger partial charge is 0.417 e. The van der Waals surface area contributed by atoms with Crippen molar-refractivity contribution in [2.45, 2.75) is 25.1 Å². The van der Waals surface area contributed by atoms with Crippen LogP contribution < -0.4 is 5.32 Å². The second-order valence-electron chi connectivity index (χ2n) is 7.42. The van der Waals surface area contributed by atoms with E-state index in [0.717, 1.165) is 28.1 Å². The maximum Gasteiger partial charge on any atom is 0.417 e. The number of aromatic amines is 1. The Labute approximate surface area is 187 Å². The highest BCUT2D eigenvalue weighted by Crippen LogP contribution is 2.39. The Balaban J connectivity index is 1.68. The van der Waals surface area contributed by atoms with Gasteiger partial charge in [0, 0.05) is 48.4 Å². The molecule has 2 aromatic heterocycles. The van der Waals surface area contributed by atoms with Gasteiger partial charge in [-0.15, -0.1) is 0 Å². The van der Waals surface area contributed by atoms with Crippen molar-refractivity contribution in [2.75, 3.05) is 0 Å². The van der Waals surface area contributed by atoms with Crippen LogP contribution in [0.5, 0.6) is 0 Å². The van der Waals surface area contributed by atoms with E-state index < -0.39 is 17.7 Å². The molecule has 4 aromatic rings. The van der Waals surface area contributed by atoms with E-state index in [1.165, 1.54) is 6.07 Å². The fourth-order valence-corrected chi connectivity index (χ4v) is 3.95. The predicted octanol–water partition coefficient (Wildman–Crippen LogP) is 6.07. The Morgan fingerprint density at radius 1 is 1.09 bits per heavy atom. The van der Waals surface area contributed by atoms with Crippen LogP contribution in [0.3, 0.4) is 0 Å². The molecule has 0 aliphatic heterocycles. The lowest BCUT2D eigenvalue weighted by atomic mass is 9.87. The zero-order valence-electron chi connectivity index (χ0n) is 16.8. The van der Waals surface area contributed by atoms with Crippen LogP contribution in [0, 0.1) is 0 Å². The van der Waals surface area contributed by atoms with Crippen molar-refractivity contribution in [2.24, 2.45) is 0 Å². The zero-order valence-corrected chi connectivity index (χ0v) is 17.5. The summed E-state index contributed by atoms with van der Waals surface area (Å²) in [5.41, 5.74) is 1.91. The van der Waals surface area contributed by atoms with Gasteiger partial charge in [0.05, 0.1) is 10.6 Å². The SMILES string of the molecule is O=C(CC(c1ccc(Cl)c(C(F)(F)F)c1)c1c[nH]c2ccccc12)NCc1ccncc1. The summed E-state index contributed by atoms with van der Waals surface area (Å²) >= 11 is 5.82. The molecule has 8 heteroatoms. The van der Waals surface area contributed by atoms with E-state index in [4.69, 9.17) is 11.6 Å². The van der Waals surface area contributed by atoms with Crippen LogP contribution in [0.15, 0.2) is 73.2 Å². The molecular formula is C24H19ClF3N3O. The van der Waals surface area contributed by atoms with Gasteiger partial charge >= 0.3 is 6.18 Å². The van der Waals surface area contributed by atoms with Crippen LogP contribution in [-0.2, 0) is 17.5 Å². The van der Waals surface area contributed by atoms with E-state index in [1.807, 2.05) is 24.3 Å². The fraction of sp³-hybridized carbons (Fsp3) is 0.167. The number of rotatable bonds is 6. The van der Waals surface area contributed by atoms with Crippen molar-refractivity contribution in [3.8, 4) is 0 Å². The number of nitrogens with one attached hydrogen (secondary N) is 2. The molecule has 4 nitrogen and oxygen atoms in total. The third-order valence-corrected chi connectivity index (χ3v) is 5.65. The molecule has 0 aliphatic rings. The minimum Gasteiger partial charge on any atom is -0.361 e. The Morgan fingerprint density at radius 2 is 1.84 bits per heavy atom. The molecule has 1 unspecified atom stereocenters. The number of hydrogen-bond acceptors (Lipinski definition) is 2. The Hall–Kier alpha value is -3.32. The van der Waals surface area contributed by atoms with Crippen molar-refractivity contribution in [3.05, 3.63) is 100 Å². The van der Waals surface area contributed by atoms with Crippen molar-refractivity contribution < 1.29 is 18.0 Å². The highest BCUT2D eigenvalue weighted by molar-refractivity contribution is 6.31. The molecule has 1 atom stereocenters. The summed E-state index contributed by atoms with van der Waals surface area (Å²) in [5.74, 6) is -0.873. The summed E-state index contributed by atoms with van der Waals surface area (Å²) in [4.78, 5) is 19.9. The molecule has 2 N–H and O–H groups in total. The van der Waals surface area contributed by atoms with E-state index in [9.17, 15) is 18.0 Å². The van der Waals surface area contributed by atoms with Gasteiger partial charge in [0.2, 0.25) is 5.91 Å². The van der Waals surface area contributed by atoms with E-state index in [-0.39, 0.29) is 17.4 Å². The number of aromatic nitrogens is 2. The lowest BCUT2D eigenvalue weighted by molar-refractivity contribution is -0.137. The number of hydrogen-bond donors (Lipinski definition) is 2. The first-order valence-corrected chi connectivity index (χ1v) is 10.3. The first-order chi connectivity index (χ1) is 15.3. The van der Waals surface area contributed by atoms with Gasteiger partial charge in [0.1, 0.15) is 0 Å². The van der Waals surface area contributed by atoms with Gasteiger partial charge in [-0.05, 0) is 47.0 Å². The minimum atomic E-state index is -4.60. The zero-order chi connectivity index (χ0) is 22.7. The van der Waals surface area contributed by atoms with Gasteiger partial charge in [-0.2, -0.15) is 13.2 Å². The van der Waals surface area contributed by atoms with Crippen LogP contribution in [0.1, 0.15) is 34.6 Å². The van der Waals surface area contributed by atoms with Gasteiger partial charge in [-0.1, -0.05) is 35.9 Å².